The van der Waals surface area contributed by atoms with E-state index >= 15 is 0 Å². The molecule has 69 heavy (non-hydrogen) atoms. The quantitative estimate of drug-likeness (QED) is 0.154. The maximum Gasteiger partial charge on any atom is 0.252 e. The van der Waals surface area contributed by atoms with Crippen molar-refractivity contribution in [3.63, 3.8) is 0 Å². The number of rotatable bonds is 6. The van der Waals surface area contributed by atoms with Crippen molar-refractivity contribution >= 4 is 57.2 Å². The molecule has 9 aromatic carbocycles. The number of fused-ring (bicyclic) bond motifs is 5. The normalized spacial score (nSPS) is 15.2. The van der Waals surface area contributed by atoms with E-state index in [1.54, 1.807) is 0 Å². The van der Waals surface area contributed by atoms with Crippen molar-refractivity contribution in [3.05, 3.63) is 223 Å². The highest BCUT2D eigenvalue weighted by Gasteiger charge is 2.46. The van der Waals surface area contributed by atoms with Gasteiger partial charge in [-0.05, 0) is 167 Å². The summed E-state index contributed by atoms with van der Waals surface area (Å²) in [7, 11) is 0. The highest BCUT2D eigenvalue weighted by atomic mass is 15.2. The van der Waals surface area contributed by atoms with Crippen molar-refractivity contribution in [2.75, 3.05) is 9.80 Å². The van der Waals surface area contributed by atoms with Crippen LogP contribution in [-0.2, 0) is 16.2 Å². The summed E-state index contributed by atoms with van der Waals surface area (Å²) in [6, 6.07) is 77.8. The molecule has 9 aromatic rings. The van der Waals surface area contributed by atoms with Crippen LogP contribution in [0.5, 0.6) is 0 Å². The first kappa shape index (κ1) is 43.0. The summed E-state index contributed by atoms with van der Waals surface area (Å²) >= 11 is 0. The van der Waals surface area contributed by atoms with E-state index in [-0.39, 0.29) is 23.0 Å². The van der Waals surface area contributed by atoms with Crippen LogP contribution in [-0.4, -0.2) is 6.71 Å². The van der Waals surface area contributed by atoms with Crippen LogP contribution < -0.4 is 26.2 Å². The van der Waals surface area contributed by atoms with Crippen LogP contribution in [0.2, 0.25) is 0 Å². The summed E-state index contributed by atoms with van der Waals surface area (Å²) in [5.41, 5.74) is 25.2. The van der Waals surface area contributed by atoms with Gasteiger partial charge in [-0.3, -0.25) is 0 Å². The van der Waals surface area contributed by atoms with Crippen LogP contribution in [0.1, 0.15) is 78.0 Å². The zero-order valence-electron chi connectivity index (χ0n) is 41.0. The first-order valence-corrected chi connectivity index (χ1v) is 24.9. The van der Waals surface area contributed by atoms with Gasteiger partial charge in [0, 0.05) is 34.1 Å². The van der Waals surface area contributed by atoms with Gasteiger partial charge in [0.05, 0.1) is 0 Å². The second-order valence-corrected chi connectivity index (χ2v) is 22.1. The second kappa shape index (κ2) is 16.1. The summed E-state index contributed by atoms with van der Waals surface area (Å²) in [4.78, 5) is 5.23. The minimum Gasteiger partial charge on any atom is -0.311 e. The lowest BCUT2D eigenvalue weighted by atomic mass is 9.33. The highest BCUT2D eigenvalue weighted by molar-refractivity contribution is 7.00. The molecule has 0 amide bonds. The number of benzene rings is 9. The van der Waals surface area contributed by atoms with E-state index in [1.165, 1.54) is 100 Å². The van der Waals surface area contributed by atoms with Crippen molar-refractivity contribution in [2.45, 2.75) is 77.6 Å². The molecular formula is C66H59BN2. The van der Waals surface area contributed by atoms with E-state index < -0.39 is 0 Å². The molecule has 0 radical (unpaired) electrons. The van der Waals surface area contributed by atoms with Gasteiger partial charge in [-0.25, -0.2) is 0 Å². The van der Waals surface area contributed by atoms with E-state index in [0.717, 1.165) is 24.2 Å². The Balaban J connectivity index is 1.18. The van der Waals surface area contributed by atoms with E-state index in [9.17, 15) is 0 Å². The van der Waals surface area contributed by atoms with E-state index in [4.69, 9.17) is 0 Å². The Kier molecular flexibility index (Phi) is 10.0. The van der Waals surface area contributed by atoms with Gasteiger partial charge in [0.1, 0.15) is 0 Å². The molecule has 0 spiro atoms. The third-order valence-electron chi connectivity index (χ3n) is 15.6. The van der Waals surface area contributed by atoms with Crippen molar-refractivity contribution < 1.29 is 0 Å². The van der Waals surface area contributed by atoms with E-state index in [1.807, 2.05) is 0 Å². The number of hydrogen-bond donors (Lipinski definition) is 0. The first-order chi connectivity index (χ1) is 33.3. The molecule has 336 valence electrons. The second-order valence-electron chi connectivity index (χ2n) is 22.1. The molecule has 2 heterocycles. The van der Waals surface area contributed by atoms with Crippen LogP contribution in [0.25, 0.3) is 44.5 Å². The Labute approximate surface area is 410 Å². The lowest BCUT2D eigenvalue weighted by molar-refractivity contribution is 0.332. The minimum absolute atomic E-state index is 0.00524. The van der Waals surface area contributed by atoms with Gasteiger partial charge in [-0.2, -0.15) is 0 Å². The molecule has 3 heteroatoms. The molecule has 2 aliphatic heterocycles. The van der Waals surface area contributed by atoms with Crippen LogP contribution >= 0.6 is 0 Å². The molecule has 0 unspecified atom stereocenters. The zero-order valence-corrected chi connectivity index (χ0v) is 41.0. The van der Waals surface area contributed by atoms with Gasteiger partial charge in [0.25, 0.3) is 6.71 Å². The van der Waals surface area contributed by atoms with Crippen molar-refractivity contribution in [2.24, 2.45) is 0 Å². The van der Waals surface area contributed by atoms with Crippen LogP contribution in [0.4, 0.5) is 34.1 Å². The third kappa shape index (κ3) is 7.33. The number of nitrogens with zero attached hydrogens (tertiary/aromatic N) is 2. The molecule has 1 aliphatic carbocycles. The van der Waals surface area contributed by atoms with Gasteiger partial charge in [0.15, 0.2) is 0 Å². The molecule has 12 rings (SSSR count). The molecule has 0 aromatic heterocycles. The van der Waals surface area contributed by atoms with E-state index in [0.29, 0.717) is 0 Å². The van der Waals surface area contributed by atoms with E-state index in [2.05, 4.69) is 265 Å². The standard InChI is InChI=1S/C66H59BN2/c1-64(2,3)52-31-32-57-61(41-52)68(53-37-48(44-21-12-8-13-22-44)35-49(38-53)45-23-14-9-15-24-45)59-29-20-30-60-63(59)67(57)58-42-55-56(66(6,7)34-33-65(55,4)5)43-62(58)69(60)54-39-50(46-25-16-10-17-26-46)36-51(40-54)47-27-18-11-19-28-47/h8-32,35-43H,33-34H2,1-7H3. The third-order valence-corrected chi connectivity index (χ3v) is 15.6. The van der Waals surface area contributed by atoms with Gasteiger partial charge in [-0.1, -0.05) is 194 Å². The monoisotopic (exact) mass is 890 g/mol. The summed E-state index contributed by atoms with van der Waals surface area (Å²) in [6.07, 6.45) is 2.31. The Morgan fingerprint density at radius 2 is 0.754 bits per heavy atom. The lowest BCUT2D eigenvalue weighted by Crippen LogP contribution is -2.61. The molecule has 0 saturated heterocycles. The average molecular weight is 891 g/mol. The highest BCUT2D eigenvalue weighted by Crippen LogP contribution is 2.51. The predicted molar refractivity (Wildman–Crippen MR) is 296 cm³/mol. The topological polar surface area (TPSA) is 6.48 Å². The lowest BCUT2D eigenvalue weighted by Gasteiger charge is -2.47. The fourth-order valence-corrected chi connectivity index (χ4v) is 11.7. The SMILES string of the molecule is CC(C)(C)c1ccc2c(c1)N(c1cc(-c3ccccc3)cc(-c3ccccc3)c1)c1cccc3c1B2c1cc2c(cc1N3c1cc(-c3ccccc3)cc(-c3ccccc3)c1)C(C)(C)CCC2(C)C. The predicted octanol–water partition coefficient (Wildman–Crippen LogP) is 16.1. The van der Waals surface area contributed by atoms with Gasteiger partial charge >= 0.3 is 0 Å². The maximum atomic E-state index is 2.66. The summed E-state index contributed by atoms with van der Waals surface area (Å²) in [5, 5.41) is 0. The van der Waals surface area contributed by atoms with Crippen LogP contribution in [0, 0.1) is 0 Å². The first-order valence-electron chi connectivity index (χ1n) is 24.9. The Hall–Kier alpha value is -7.36. The molecule has 0 saturated carbocycles. The summed E-state index contributed by atoms with van der Waals surface area (Å²) in [5.74, 6) is 0. The molecule has 3 aliphatic rings. The molecule has 2 nitrogen and oxygen atoms in total. The maximum absolute atomic E-state index is 2.66. The minimum atomic E-state index is -0.0555. The largest absolute Gasteiger partial charge is 0.311 e. The average Bonchev–Trinajstić information content (AvgIpc) is 3.37. The molecular weight excluding hydrogens is 832 g/mol. The zero-order chi connectivity index (χ0) is 47.2. The fraction of sp³-hybridized carbons (Fsp3) is 0.182. The van der Waals surface area contributed by atoms with Crippen molar-refractivity contribution in [1.29, 1.82) is 0 Å². The van der Waals surface area contributed by atoms with Gasteiger partial charge in [0.2, 0.25) is 0 Å². The number of hydrogen-bond acceptors (Lipinski definition) is 2. The molecule has 0 bridgehead atoms. The molecule has 0 N–H and O–H groups in total. The Morgan fingerprint density at radius 3 is 1.16 bits per heavy atom. The van der Waals surface area contributed by atoms with Crippen molar-refractivity contribution in [1.82, 2.24) is 0 Å². The van der Waals surface area contributed by atoms with Gasteiger partial charge in [-0.15, -0.1) is 0 Å². The Bertz CT molecular complexity index is 3290. The Morgan fingerprint density at radius 1 is 0.362 bits per heavy atom. The number of anilines is 6. The van der Waals surface area contributed by atoms with Crippen molar-refractivity contribution in [3.8, 4) is 44.5 Å². The van der Waals surface area contributed by atoms with Gasteiger partial charge < -0.3 is 9.80 Å². The smallest absolute Gasteiger partial charge is 0.252 e. The summed E-state index contributed by atoms with van der Waals surface area (Å²) in [6.45, 7) is 16.9. The van der Waals surface area contributed by atoms with Crippen LogP contribution in [0.3, 0.4) is 0 Å². The molecule has 0 atom stereocenters. The van der Waals surface area contributed by atoms with Crippen LogP contribution in [0.15, 0.2) is 206 Å². The summed E-state index contributed by atoms with van der Waals surface area (Å²) < 4.78 is 0. The fourth-order valence-electron chi connectivity index (χ4n) is 11.7. The molecule has 0 fully saturated rings.